The molecule has 0 saturated carbocycles. The lowest BCUT2D eigenvalue weighted by Gasteiger charge is -2.06. The van der Waals surface area contributed by atoms with E-state index >= 15 is 0 Å². The maximum absolute atomic E-state index is 11.6. The fraction of sp³-hybridized carbons (Fsp3) is 0.556. The summed E-state index contributed by atoms with van der Waals surface area (Å²) in [5.41, 5.74) is 10.3. The third-order valence-electron chi connectivity index (χ3n) is 2.14. The molecule has 1 rings (SSSR count). The normalized spacial score (nSPS) is 12.7. The van der Waals surface area contributed by atoms with Crippen LogP contribution in [0.25, 0.3) is 0 Å². The fourth-order valence-corrected chi connectivity index (χ4v) is 1.31. The number of nitrogens with two attached hydrogens (primary N) is 2. The van der Waals surface area contributed by atoms with Gasteiger partial charge in [-0.25, -0.2) is 4.79 Å². The summed E-state index contributed by atoms with van der Waals surface area (Å²) in [6.45, 7) is 2.78. The maximum atomic E-state index is 11.6. The van der Waals surface area contributed by atoms with Crippen LogP contribution in [0.15, 0.2) is 17.2 Å². The number of hydrogen-bond acceptors (Lipinski definition) is 3. The van der Waals surface area contributed by atoms with E-state index in [1.807, 2.05) is 6.92 Å². The molecular formula is C9H16N4O2. The third kappa shape index (κ3) is 2.69. The highest BCUT2D eigenvalue weighted by Crippen LogP contribution is 1.90. The van der Waals surface area contributed by atoms with Gasteiger partial charge in [0, 0.05) is 18.9 Å². The molecule has 1 aromatic rings. The van der Waals surface area contributed by atoms with Crippen LogP contribution in [0.4, 0.5) is 0 Å². The summed E-state index contributed by atoms with van der Waals surface area (Å²) in [5.74, 6) is -0.606. The zero-order chi connectivity index (χ0) is 11.4. The Morgan fingerprint density at radius 1 is 1.47 bits per heavy atom. The van der Waals surface area contributed by atoms with E-state index < -0.39 is 11.9 Å². The molecule has 0 fully saturated rings. The summed E-state index contributed by atoms with van der Waals surface area (Å²) >= 11 is 0. The minimum absolute atomic E-state index is 0.130. The van der Waals surface area contributed by atoms with E-state index in [0.717, 1.165) is 6.42 Å². The minimum atomic E-state index is -0.819. The monoisotopic (exact) mass is 212 g/mol. The number of imidazole rings is 1. The Kier molecular flexibility index (Phi) is 3.68. The molecule has 0 aliphatic heterocycles. The summed E-state index contributed by atoms with van der Waals surface area (Å²) in [6, 6.07) is -0.819. The quantitative estimate of drug-likeness (QED) is 0.646. The first-order valence-electron chi connectivity index (χ1n) is 4.86. The highest BCUT2D eigenvalue weighted by molar-refractivity contribution is 5.79. The molecular weight excluding hydrogens is 196 g/mol. The van der Waals surface area contributed by atoms with Crippen molar-refractivity contribution in [1.82, 2.24) is 9.13 Å². The van der Waals surface area contributed by atoms with E-state index in [1.165, 1.54) is 4.57 Å². The van der Waals surface area contributed by atoms with Gasteiger partial charge in [0.25, 0.3) is 0 Å². The van der Waals surface area contributed by atoms with Gasteiger partial charge >= 0.3 is 5.69 Å². The van der Waals surface area contributed by atoms with Crippen molar-refractivity contribution in [3.8, 4) is 0 Å². The highest BCUT2D eigenvalue weighted by Gasteiger charge is 2.12. The number of nitrogens with zero attached hydrogens (tertiary/aromatic N) is 2. The molecule has 1 heterocycles. The van der Waals surface area contributed by atoms with E-state index in [2.05, 4.69) is 0 Å². The van der Waals surface area contributed by atoms with Crippen molar-refractivity contribution >= 4 is 5.91 Å². The number of carbonyl (C=O) groups excluding carboxylic acids is 1. The molecule has 0 radical (unpaired) electrons. The van der Waals surface area contributed by atoms with Crippen molar-refractivity contribution < 1.29 is 4.79 Å². The minimum Gasteiger partial charge on any atom is -0.368 e. The van der Waals surface area contributed by atoms with E-state index in [0.29, 0.717) is 6.54 Å². The van der Waals surface area contributed by atoms with Crippen LogP contribution in [-0.4, -0.2) is 21.1 Å². The number of amides is 1. The molecule has 6 heteroatoms. The Hall–Kier alpha value is -1.56. The third-order valence-corrected chi connectivity index (χ3v) is 2.14. The van der Waals surface area contributed by atoms with E-state index in [4.69, 9.17) is 11.5 Å². The van der Waals surface area contributed by atoms with Crippen molar-refractivity contribution in [3.05, 3.63) is 22.9 Å². The van der Waals surface area contributed by atoms with Crippen LogP contribution in [0, 0.1) is 0 Å². The second-order valence-corrected chi connectivity index (χ2v) is 3.44. The molecule has 0 bridgehead atoms. The zero-order valence-electron chi connectivity index (χ0n) is 8.72. The number of aromatic nitrogens is 2. The van der Waals surface area contributed by atoms with E-state index in [1.54, 1.807) is 17.0 Å². The number of primary amides is 1. The van der Waals surface area contributed by atoms with Crippen LogP contribution in [0.2, 0.25) is 0 Å². The lowest BCUT2D eigenvalue weighted by Crippen LogP contribution is -2.42. The molecule has 84 valence electrons. The van der Waals surface area contributed by atoms with Crippen molar-refractivity contribution in [3.63, 3.8) is 0 Å². The van der Waals surface area contributed by atoms with Crippen LogP contribution >= 0.6 is 0 Å². The first-order chi connectivity index (χ1) is 7.06. The smallest absolute Gasteiger partial charge is 0.328 e. The second kappa shape index (κ2) is 4.79. The Morgan fingerprint density at radius 3 is 2.60 bits per heavy atom. The molecule has 1 aromatic heterocycles. The van der Waals surface area contributed by atoms with Crippen molar-refractivity contribution in [2.45, 2.75) is 32.5 Å². The Balaban J connectivity index is 2.79. The predicted octanol–water partition coefficient (Wildman–Crippen LogP) is -1.13. The summed E-state index contributed by atoms with van der Waals surface area (Å²) < 4.78 is 2.97. The van der Waals surface area contributed by atoms with Crippen molar-refractivity contribution in [1.29, 1.82) is 0 Å². The van der Waals surface area contributed by atoms with Crippen LogP contribution in [0.5, 0.6) is 0 Å². The largest absolute Gasteiger partial charge is 0.368 e. The summed E-state index contributed by atoms with van der Waals surface area (Å²) in [6.07, 6.45) is 4.17. The van der Waals surface area contributed by atoms with Gasteiger partial charge in [-0.15, -0.1) is 0 Å². The number of rotatable bonds is 5. The van der Waals surface area contributed by atoms with Gasteiger partial charge in [-0.3, -0.25) is 13.9 Å². The molecule has 0 saturated heterocycles. The zero-order valence-corrected chi connectivity index (χ0v) is 8.72. The average molecular weight is 212 g/mol. The Bertz CT molecular complexity index is 393. The molecule has 1 unspecified atom stereocenters. The van der Waals surface area contributed by atoms with Gasteiger partial charge in [-0.05, 0) is 6.42 Å². The predicted molar refractivity (Wildman–Crippen MR) is 56.2 cm³/mol. The van der Waals surface area contributed by atoms with Crippen molar-refractivity contribution in [2.24, 2.45) is 11.5 Å². The van der Waals surface area contributed by atoms with Gasteiger partial charge in [-0.1, -0.05) is 6.92 Å². The van der Waals surface area contributed by atoms with Gasteiger partial charge in [0.05, 0.1) is 6.54 Å². The Labute approximate surface area is 87.5 Å². The summed E-state index contributed by atoms with van der Waals surface area (Å²) in [4.78, 5) is 22.4. The topological polar surface area (TPSA) is 96.0 Å². The maximum Gasteiger partial charge on any atom is 0.328 e. The van der Waals surface area contributed by atoms with E-state index in [-0.39, 0.29) is 12.2 Å². The second-order valence-electron chi connectivity index (χ2n) is 3.44. The lowest BCUT2D eigenvalue weighted by molar-refractivity contribution is -0.119. The Morgan fingerprint density at radius 2 is 2.07 bits per heavy atom. The van der Waals surface area contributed by atoms with E-state index in [9.17, 15) is 9.59 Å². The molecule has 4 N–H and O–H groups in total. The van der Waals surface area contributed by atoms with Crippen molar-refractivity contribution in [2.75, 3.05) is 0 Å². The average Bonchev–Trinajstić information content (AvgIpc) is 2.50. The number of hydrogen-bond donors (Lipinski definition) is 2. The van der Waals surface area contributed by atoms with Crippen LogP contribution in [0.3, 0.4) is 0 Å². The van der Waals surface area contributed by atoms with Gasteiger partial charge < -0.3 is 11.5 Å². The standard InChI is InChI=1S/C9H16N4O2/c1-2-3-12-4-5-13(9(12)15)6-7(10)8(11)14/h4-5,7H,2-3,6,10H2,1H3,(H2,11,14). The number of carbonyl (C=O) groups is 1. The number of aryl methyl sites for hydroxylation is 1. The van der Waals surface area contributed by atoms with Gasteiger partial charge in [0.1, 0.15) is 6.04 Å². The molecule has 0 aromatic carbocycles. The SMILES string of the molecule is CCCn1ccn(CC(N)C(N)=O)c1=O. The molecule has 0 aliphatic rings. The van der Waals surface area contributed by atoms with Crippen LogP contribution < -0.4 is 17.2 Å². The van der Waals surface area contributed by atoms with Gasteiger partial charge in [-0.2, -0.15) is 0 Å². The summed E-state index contributed by atoms with van der Waals surface area (Å²) in [5, 5.41) is 0. The first-order valence-corrected chi connectivity index (χ1v) is 4.86. The van der Waals surface area contributed by atoms with Gasteiger partial charge in [0.2, 0.25) is 5.91 Å². The fourth-order valence-electron chi connectivity index (χ4n) is 1.31. The molecule has 15 heavy (non-hydrogen) atoms. The van der Waals surface area contributed by atoms with Gasteiger partial charge in [0.15, 0.2) is 0 Å². The van der Waals surface area contributed by atoms with Crippen LogP contribution in [0.1, 0.15) is 13.3 Å². The highest BCUT2D eigenvalue weighted by atomic mass is 16.2. The first kappa shape index (κ1) is 11.5. The molecule has 1 amide bonds. The summed E-state index contributed by atoms with van der Waals surface area (Å²) in [7, 11) is 0. The lowest BCUT2D eigenvalue weighted by atomic mass is 10.3. The van der Waals surface area contributed by atoms with Crippen LogP contribution in [-0.2, 0) is 17.9 Å². The molecule has 6 nitrogen and oxygen atoms in total. The molecule has 0 spiro atoms. The molecule has 0 aliphatic carbocycles. The molecule has 1 atom stereocenters.